The lowest BCUT2D eigenvalue weighted by molar-refractivity contribution is 0.0276. The maximum atomic E-state index is 16.4. The van der Waals surface area contributed by atoms with Crippen LogP contribution in [0.25, 0.3) is 10.9 Å². The Labute approximate surface area is 233 Å². The molecule has 2 aliphatic heterocycles. The number of halogens is 1. The van der Waals surface area contributed by atoms with Gasteiger partial charge in [0.25, 0.3) is 0 Å². The number of aliphatic hydroxyl groups excluding tert-OH is 1. The number of hydrogen-bond acceptors (Lipinski definition) is 6. The number of benzene rings is 1. The smallest absolute Gasteiger partial charge is 0.126 e. The minimum atomic E-state index is -1.12. The van der Waals surface area contributed by atoms with Gasteiger partial charge in [0, 0.05) is 43.4 Å². The summed E-state index contributed by atoms with van der Waals surface area (Å²) in [7, 11) is 1.64. The van der Waals surface area contributed by atoms with Crippen LogP contribution in [0.2, 0.25) is 0 Å². The maximum absolute atomic E-state index is 16.4. The Morgan fingerprint density at radius 2 is 1.87 bits per heavy atom. The number of fused-ring (bicyclic) bond motifs is 1. The lowest BCUT2D eigenvalue weighted by atomic mass is 9.74. The molecule has 0 amide bonds. The summed E-state index contributed by atoms with van der Waals surface area (Å²) in [5.41, 5.74) is 2.29. The molecule has 1 aromatic carbocycles. The fourth-order valence-corrected chi connectivity index (χ4v) is 7.01. The van der Waals surface area contributed by atoms with E-state index in [0.717, 1.165) is 67.0 Å². The van der Waals surface area contributed by atoms with E-state index in [9.17, 15) is 5.11 Å². The van der Waals surface area contributed by atoms with Crippen molar-refractivity contribution in [3.8, 4) is 5.75 Å². The molecule has 3 aliphatic rings. The standard InChI is InChI=1S/C32H48FN3O3/c1-38-27-7-8-30-28(21-27)31(26(22-34-30)23-36-17-19-39-20-18-36)29(33)9-11-32(24-37)12-15-35(16-13-32)14-10-25-5-3-2-4-6-25/h7-8,21-22,25,29,37H,2-6,9-20,23-24H2,1H3/t29-/m1/s1. The van der Waals surface area contributed by atoms with E-state index in [1.54, 1.807) is 7.11 Å². The number of aromatic nitrogens is 1. The first-order valence-corrected chi connectivity index (χ1v) is 15.3. The molecule has 2 saturated heterocycles. The van der Waals surface area contributed by atoms with Gasteiger partial charge in [0.1, 0.15) is 11.9 Å². The van der Waals surface area contributed by atoms with Crippen molar-refractivity contribution in [1.29, 1.82) is 0 Å². The number of piperidine rings is 1. The Hall–Kier alpha value is -1.80. The number of aliphatic hydroxyl groups is 1. The predicted octanol–water partition coefficient (Wildman–Crippen LogP) is 5.91. The van der Waals surface area contributed by atoms with Crippen molar-refractivity contribution in [2.75, 3.05) is 59.7 Å². The highest BCUT2D eigenvalue weighted by Gasteiger charge is 2.35. The van der Waals surface area contributed by atoms with Crippen molar-refractivity contribution >= 4 is 10.9 Å². The average molecular weight is 542 g/mol. The Morgan fingerprint density at radius 1 is 1.10 bits per heavy atom. The lowest BCUT2D eigenvalue weighted by Gasteiger charge is -2.41. The van der Waals surface area contributed by atoms with Gasteiger partial charge in [0.15, 0.2) is 0 Å². The van der Waals surface area contributed by atoms with Gasteiger partial charge >= 0.3 is 0 Å². The summed E-state index contributed by atoms with van der Waals surface area (Å²) in [6.45, 7) is 7.12. The highest BCUT2D eigenvalue weighted by Crippen LogP contribution is 2.41. The van der Waals surface area contributed by atoms with Gasteiger partial charge in [-0.3, -0.25) is 9.88 Å². The largest absolute Gasteiger partial charge is 0.497 e. The lowest BCUT2D eigenvalue weighted by Crippen LogP contribution is -2.42. The monoisotopic (exact) mass is 541 g/mol. The molecule has 0 bridgehead atoms. The fraction of sp³-hybridized carbons (Fsp3) is 0.719. The zero-order chi connectivity index (χ0) is 27.1. The van der Waals surface area contributed by atoms with Crippen molar-refractivity contribution in [2.24, 2.45) is 11.3 Å². The van der Waals surface area contributed by atoms with Crippen molar-refractivity contribution < 1.29 is 19.0 Å². The van der Waals surface area contributed by atoms with Crippen molar-refractivity contribution in [2.45, 2.75) is 76.9 Å². The highest BCUT2D eigenvalue weighted by atomic mass is 19.1. The molecule has 0 radical (unpaired) electrons. The fourth-order valence-electron chi connectivity index (χ4n) is 7.01. The molecule has 3 heterocycles. The summed E-state index contributed by atoms with van der Waals surface area (Å²) in [4.78, 5) is 9.58. The number of nitrogens with zero attached hydrogens (tertiary/aromatic N) is 3. The van der Waals surface area contributed by atoms with E-state index in [-0.39, 0.29) is 12.0 Å². The molecule has 5 rings (SSSR count). The number of morpholine rings is 1. The van der Waals surface area contributed by atoms with Crippen LogP contribution in [0.5, 0.6) is 5.75 Å². The number of pyridine rings is 1. The number of hydrogen-bond donors (Lipinski definition) is 1. The van der Waals surface area contributed by atoms with E-state index < -0.39 is 6.17 Å². The summed E-state index contributed by atoms with van der Waals surface area (Å²) < 4.78 is 27.4. The van der Waals surface area contributed by atoms with E-state index in [4.69, 9.17) is 9.47 Å². The van der Waals surface area contributed by atoms with Gasteiger partial charge in [0.05, 0.1) is 25.8 Å². The molecule has 6 nitrogen and oxygen atoms in total. The summed E-state index contributed by atoms with van der Waals surface area (Å²) in [6, 6.07) is 5.73. The van der Waals surface area contributed by atoms with Crippen LogP contribution in [-0.4, -0.2) is 79.5 Å². The minimum absolute atomic E-state index is 0.141. The van der Waals surface area contributed by atoms with Crippen LogP contribution in [0.15, 0.2) is 24.4 Å². The molecular weight excluding hydrogens is 493 g/mol. The second-order valence-electron chi connectivity index (χ2n) is 12.3. The van der Waals surface area contributed by atoms with E-state index in [1.165, 1.54) is 45.1 Å². The van der Waals surface area contributed by atoms with Gasteiger partial charge in [0.2, 0.25) is 0 Å². The van der Waals surface area contributed by atoms with Gasteiger partial charge in [-0.1, -0.05) is 32.1 Å². The van der Waals surface area contributed by atoms with Crippen LogP contribution < -0.4 is 4.74 Å². The molecule has 2 aromatic rings. The Kier molecular flexibility index (Phi) is 10.1. The molecule has 1 saturated carbocycles. The first-order chi connectivity index (χ1) is 19.1. The van der Waals surface area contributed by atoms with Gasteiger partial charge in [-0.15, -0.1) is 0 Å². The normalized spacial score (nSPS) is 22.2. The molecule has 7 heteroatoms. The van der Waals surface area contributed by atoms with Gasteiger partial charge in [-0.2, -0.15) is 0 Å². The minimum Gasteiger partial charge on any atom is -0.497 e. The average Bonchev–Trinajstić information content (AvgIpc) is 3.00. The third kappa shape index (κ3) is 7.29. The first kappa shape index (κ1) is 28.7. The summed E-state index contributed by atoms with van der Waals surface area (Å²) in [5.74, 6) is 1.62. The zero-order valence-corrected chi connectivity index (χ0v) is 23.9. The van der Waals surface area contributed by atoms with Crippen LogP contribution in [0.4, 0.5) is 4.39 Å². The van der Waals surface area contributed by atoms with Gasteiger partial charge in [-0.25, -0.2) is 4.39 Å². The number of alkyl halides is 1. The number of methoxy groups -OCH3 is 1. The van der Waals surface area contributed by atoms with Gasteiger partial charge < -0.3 is 19.5 Å². The quantitative estimate of drug-likeness (QED) is 0.382. The molecule has 1 atom stereocenters. The van der Waals surface area contributed by atoms with Crippen LogP contribution in [-0.2, 0) is 11.3 Å². The van der Waals surface area contributed by atoms with Crippen LogP contribution >= 0.6 is 0 Å². The van der Waals surface area contributed by atoms with E-state index in [1.807, 2.05) is 24.4 Å². The van der Waals surface area contributed by atoms with Crippen LogP contribution in [0.3, 0.4) is 0 Å². The maximum Gasteiger partial charge on any atom is 0.126 e. The van der Waals surface area contributed by atoms with Crippen LogP contribution in [0, 0.1) is 11.3 Å². The molecule has 3 fully saturated rings. The molecule has 1 aliphatic carbocycles. The molecule has 39 heavy (non-hydrogen) atoms. The second-order valence-corrected chi connectivity index (χ2v) is 12.3. The summed E-state index contributed by atoms with van der Waals surface area (Å²) in [5, 5.41) is 11.3. The first-order valence-electron chi connectivity index (χ1n) is 15.3. The molecule has 1 N–H and O–H groups in total. The SMILES string of the molecule is COc1ccc2ncc(CN3CCOCC3)c([C@H](F)CCC3(CO)CCN(CCC4CCCCC4)CC3)c2c1. The molecule has 0 spiro atoms. The number of ether oxygens (including phenoxy) is 2. The number of rotatable bonds is 11. The molecule has 1 aromatic heterocycles. The molecular formula is C32H48FN3O3. The number of likely N-dealkylation sites (tertiary alicyclic amines) is 1. The van der Waals surface area contributed by atoms with E-state index in [2.05, 4.69) is 14.8 Å². The zero-order valence-electron chi connectivity index (χ0n) is 23.9. The van der Waals surface area contributed by atoms with Crippen molar-refractivity contribution in [1.82, 2.24) is 14.8 Å². The Bertz CT molecular complexity index is 1050. The third-order valence-corrected chi connectivity index (χ3v) is 9.77. The molecule has 216 valence electrons. The molecule has 0 unspecified atom stereocenters. The highest BCUT2D eigenvalue weighted by molar-refractivity contribution is 5.85. The third-order valence-electron chi connectivity index (χ3n) is 9.77. The summed E-state index contributed by atoms with van der Waals surface area (Å²) in [6.07, 6.45) is 12.1. The van der Waals surface area contributed by atoms with Crippen molar-refractivity contribution in [3.63, 3.8) is 0 Å². The van der Waals surface area contributed by atoms with E-state index in [0.29, 0.717) is 38.3 Å². The van der Waals surface area contributed by atoms with E-state index >= 15 is 4.39 Å². The van der Waals surface area contributed by atoms with Crippen LogP contribution in [0.1, 0.15) is 81.5 Å². The van der Waals surface area contributed by atoms with Crippen molar-refractivity contribution in [3.05, 3.63) is 35.5 Å². The Morgan fingerprint density at radius 3 is 2.59 bits per heavy atom. The Balaban J connectivity index is 1.25. The van der Waals surface area contributed by atoms with Gasteiger partial charge in [-0.05, 0) is 86.8 Å². The topological polar surface area (TPSA) is 58.1 Å². The second kappa shape index (κ2) is 13.7. The summed E-state index contributed by atoms with van der Waals surface area (Å²) >= 11 is 0. The predicted molar refractivity (Wildman–Crippen MR) is 154 cm³/mol.